The summed E-state index contributed by atoms with van der Waals surface area (Å²) in [4.78, 5) is 53.7. The van der Waals surface area contributed by atoms with Crippen LogP contribution >= 0.6 is 0 Å². The van der Waals surface area contributed by atoms with Crippen LogP contribution in [0.5, 0.6) is 0 Å². The van der Waals surface area contributed by atoms with Gasteiger partial charge in [-0.1, -0.05) is 46.8 Å². The van der Waals surface area contributed by atoms with E-state index in [1.165, 1.54) is 6.92 Å². The molecule has 0 aromatic carbocycles. The largest absolute Gasteiger partial charge is 0.509 e. The van der Waals surface area contributed by atoms with Gasteiger partial charge >= 0.3 is 12.1 Å². The quantitative estimate of drug-likeness (QED) is 0.246. The Morgan fingerprint density at radius 3 is 2.26 bits per heavy atom. The fraction of sp³-hybridized carbons (Fsp3) is 0.724. The normalized spacial score (nSPS) is 36.5. The van der Waals surface area contributed by atoms with E-state index in [0.717, 1.165) is 23.7 Å². The number of esters is 1. The Bertz CT molecular complexity index is 1110. The minimum Gasteiger partial charge on any atom is -0.450 e. The number of carbonyl (C=O) groups is 4. The number of allylic oxidation sites excluding steroid dienone is 1. The van der Waals surface area contributed by atoms with E-state index in [9.17, 15) is 19.2 Å². The molecule has 8 nitrogen and oxygen atoms in total. The van der Waals surface area contributed by atoms with Gasteiger partial charge in [0, 0.05) is 18.3 Å². The minimum atomic E-state index is -2.19. The fourth-order valence-electron chi connectivity index (χ4n) is 7.76. The van der Waals surface area contributed by atoms with Crippen LogP contribution in [0.1, 0.15) is 74.7 Å². The predicted octanol–water partition coefficient (Wildman–Crippen LogP) is 5.45. The molecule has 38 heavy (non-hydrogen) atoms. The van der Waals surface area contributed by atoms with Crippen LogP contribution in [-0.4, -0.2) is 55.9 Å². The van der Waals surface area contributed by atoms with Crippen LogP contribution in [0, 0.1) is 16.7 Å². The van der Waals surface area contributed by atoms with Gasteiger partial charge in [-0.15, -0.1) is 0 Å². The third kappa shape index (κ3) is 3.78. The summed E-state index contributed by atoms with van der Waals surface area (Å²) in [5, 5.41) is 0. The molecule has 4 aliphatic rings. The molecular weight excluding hydrogens is 504 g/mol. The van der Waals surface area contributed by atoms with Crippen molar-refractivity contribution in [2.75, 3.05) is 0 Å². The molecule has 4 rings (SSSR count). The molecule has 9 heteroatoms. The Kier molecular flexibility index (Phi) is 7.13. The van der Waals surface area contributed by atoms with E-state index >= 15 is 0 Å². The van der Waals surface area contributed by atoms with Gasteiger partial charge in [-0.3, -0.25) is 14.4 Å². The van der Waals surface area contributed by atoms with E-state index in [2.05, 4.69) is 27.4 Å². The van der Waals surface area contributed by atoms with Crippen molar-refractivity contribution in [3.63, 3.8) is 0 Å². The van der Waals surface area contributed by atoms with Gasteiger partial charge < -0.3 is 18.6 Å². The van der Waals surface area contributed by atoms with Crippen LogP contribution in [-0.2, 0) is 33.0 Å². The number of hydrogen-bond acceptors (Lipinski definition) is 8. The average Bonchev–Trinajstić information content (AvgIpc) is 3.17. The lowest BCUT2D eigenvalue weighted by atomic mass is 9.48. The van der Waals surface area contributed by atoms with E-state index in [0.29, 0.717) is 24.0 Å². The molecule has 0 aromatic heterocycles. The fourth-order valence-corrected chi connectivity index (χ4v) is 10.7. The first-order valence-corrected chi connectivity index (χ1v) is 16.4. The molecule has 3 aliphatic carbocycles. The van der Waals surface area contributed by atoms with Crippen molar-refractivity contribution in [1.82, 2.24) is 0 Å². The number of Topliss-reactive ketones (excluding diaryl/α,β-unsaturated/α-hetero) is 2. The van der Waals surface area contributed by atoms with E-state index in [1.807, 2.05) is 20.8 Å². The molecular formula is C29H42O8Si. The summed E-state index contributed by atoms with van der Waals surface area (Å²) in [6.07, 6.45) is -2.55. The molecule has 6 atom stereocenters. The maximum absolute atomic E-state index is 14.9. The lowest BCUT2D eigenvalue weighted by Crippen LogP contribution is -2.69. The number of ketones is 2. The summed E-state index contributed by atoms with van der Waals surface area (Å²) in [6.45, 7) is 19.2. The second-order valence-electron chi connectivity index (χ2n) is 12.2. The molecule has 1 saturated heterocycles. The van der Waals surface area contributed by atoms with Gasteiger partial charge in [-0.2, -0.15) is 0 Å². The second kappa shape index (κ2) is 9.43. The molecule has 2 bridgehead atoms. The first-order valence-electron chi connectivity index (χ1n) is 13.9. The summed E-state index contributed by atoms with van der Waals surface area (Å²) in [7, 11) is -2.19. The Morgan fingerprint density at radius 1 is 1.11 bits per heavy atom. The topological polar surface area (TPSA) is 105 Å². The highest BCUT2D eigenvalue weighted by atomic mass is 28.4. The molecule has 0 N–H and O–H groups in total. The average molecular weight is 547 g/mol. The first kappa shape index (κ1) is 28.7. The summed E-state index contributed by atoms with van der Waals surface area (Å²) in [6, 6.07) is 2.70. The van der Waals surface area contributed by atoms with Crippen molar-refractivity contribution < 1.29 is 37.8 Å². The standard InChI is InChI=1S/C29H42O8Si/c1-10-38(11-2,12-3)37-20-14-13-16(4)21-25-29(36-26(33)35-25)15-19(31)17(5)22(27(29,7)8)23(34-18(6)30)24(32)28(20,21)9/h20-21,23,25H,4,10-15H2,1-3,5-9H3/t20-,21-,23+,25-,28+,29+/m0/s1. The number of carbonyl (C=O) groups excluding carboxylic acids is 4. The Balaban J connectivity index is 2.04. The van der Waals surface area contributed by atoms with Crippen LogP contribution < -0.4 is 0 Å². The third-order valence-electron chi connectivity index (χ3n) is 10.4. The highest BCUT2D eigenvalue weighted by Crippen LogP contribution is 2.63. The van der Waals surface area contributed by atoms with Crippen molar-refractivity contribution in [2.45, 2.75) is 117 Å². The van der Waals surface area contributed by atoms with Crippen molar-refractivity contribution in [2.24, 2.45) is 16.7 Å². The zero-order chi connectivity index (χ0) is 28.4. The van der Waals surface area contributed by atoms with E-state index in [1.54, 1.807) is 6.92 Å². The van der Waals surface area contributed by atoms with Gasteiger partial charge in [0.2, 0.25) is 0 Å². The van der Waals surface area contributed by atoms with Crippen LogP contribution in [0.25, 0.3) is 0 Å². The second-order valence-corrected chi connectivity index (χ2v) is 16.9. The van der Waals surface area contributed by atoms with Gasteiger partial charge in [0.25, 0.3) is 0 Å². The highest BCUT2D eigenvalue weighted by molar-refractivity contribution is 6.73. The first-order chi connectivity index (χ1) is 17.7. The summed E-state index contributed by atoms with van der Waals surface area (Å²) in [5.74, 6) is -1.92. The molecule has 1 aliphatic heterocycles. The Hall–Kier alpha value is -2.26. The van der Waals surface area contributed by atoms with Crippen LogP contribution in [0.2, 0.25) is 18.1 Å². The van der Waals surface area contributed by atoms with Crippen LogP contribution in [0.3, 0.4) is 0 Å². The van der Waals surface area contributed by atoms with Gasteiger partial charge in [0.15, 0.2) is 37.7 Å². The van der Waals surface area contributed by atoms with Crippen LogP contribution in [0.4, 0.5) is 4.79 Å². The molecule has 0 radical (unpaired) electrons. The van der Waals surface area contributed by atoms with Crippen molar-refractivity contribution in [1.29, 1.82) is 0 Å². The highest BCUT2D eigenvalue weighted by Gasteiger charge is 2.74. The number of ether oxygens (including phenoxy) is 3. The van der Waals surface area contributed by atoms with Gasteiger partial charge in [-0.25, -0.2) is 4.79 Å². The lowest BCUT2D eigenvalue weighted by molar-refractivity contribution is -0.178. The Morgan fingerprint density at radius 2 is 1.71 bits per heavy atom. The van der Waals surface area contributed by atoms with Crippen molar-refractivity contribution in [3.05, 3.63) is 23.3 Å². The number of hydrogen-bond donors (Lipinski definition) is 0. The zero-order valence-electron chi connectivity index (χ0n) is 24.0. The summed E-state index contributed by atoms with van der Waals surface area (Å²) >= 11 is 0. The smallest absolute Gasteiger partial charge is 0.450 e. The number of rotatable bonds is 6. The van der Waals surface area contributed by atoms with E-state index in [-0.39, 0.29) is 18.0 Å². The maximum Gasteiger partial charge on any atom is 0.509 e. The molecule has 3 fully saturated rings. The SMILES string of the molecule is C=C1CC[C@H](O[Si](CC)(CC)CC)[C@@]2(C)C(=O)[C@H](OC(C)=O)C3=C(C)C(=O)C[C@]4(OC(=O)O[C@H]4[C@H]12)C3(C)C. The van der Waals surface area contributed by atoms with Crippen molar-refractivity contribution >= 4 is 32.0 Å². The maximum atomic E-state index is 14.9. The molecule has 1 heterocycles. The van der Waals surface area contributed by atoms with Gasteiger partial charge in [0.1, 0.15) is 0 Å². The summed E-state index contributed by atoms with van der Waals surface area (Å²) in [5.41, 5.74) is -2.19. The lowest BCUT2D eigenvalue weighted by Gasteiger charge is -2.59. The van der Waals surface area contributed by atoms with E-state index in [4.69, 9.17) is 18.6 Å². The molecule has 0 aromatic rings. The monoisotopic (exact) mass is 546 g/mol. The summed E-state index contributed by atoms with van der Waals surface area (Å²) < 4.78 is 24.7. The minimum absolute atomic E-state index is 0.0876. The molecule has 2 saturated carbocycles. The molecule has 0 unspecified atom stereocenters. The predicted molar refractivity (Wildman–Crippen MR) is 143 cm³/mol. The third-order valence-corrected chi connectivity index (χ3v) is 15.0. The number of fused-ring (bicyclic) bond motifs is 3. The van der Waals surface area contributed by atoms with Gasteiger partial charge in [0.05, 0.1) is 17.9 Å². The van der Waals surface area contributed by atoms with E-state index < -0.39 is 61.1 Å². The van der Waals surface area contributed by atoms with Gasteiger partial charge in [-0.05, 0) is 56.0 Å². The van der Waals surface area contributed by atoms with Crippen molar-refractivity contribution in [3.8, 4) is 0 Å². The molecule has 0 amide bonds. The molecule has 210 valence electrons. The van der Waals surface area contributed by atoms with Crippen LogP contribution in [0.15, 0.2) is 23.3 Å². The molecule has 1 spiro atoms. The Labute approximate surface area is 226 Å². The zero-order valence-corrected chi connectivity index (χ0v) is 25.0.